The van der Waals surface area contributed by atoms with Crippen molar-refractivity contribution in [3.8, 4) is 0 Å². The summed E-state index contributed by atoms with van der Waals surface area (Å²) in [6, 6.07) is 4.85. The lowest BCUT2D eigenvalue weighted by Gasteiger charge is -2.46. The second-order valence-corrected chi connectivity index (χ2v) is 7.97. The maximum Gasteiger partial charge on any atom is 0.240 e. The third kappa shape index (κ3) is 3.14. The minimum Gasteiger partial charge on any atom is -0.397 e. The van der Waals surface area contributed by atoms with Gasteiger partial charge in [0.15, 0.2) is 0 Å². The summed E-state index contributed by atoms with van der Waals surface area (Å²) in [5.74, 6) is 0. The maximum atomic E-state index is 11.9. The number of benzene rings is 1. The van der Waals surface area contributed by atoms with Gasteiger partial charge in [-0.1, -0.05) is 0 Å². The highest BCUT2D eigenvalue weighted by atomic mass is 32.2. The number of hydrogen-bond donors (Lipinski definition) is 2. The van der Waals surface area contributed by atoms with Crippen molar-refractivity contribution in [2.75, 3.05) is 44.4 Å². The van der Waals surface area contributed by atoms with Crippen molar-refractivity contribution < 1.29 is 8.42 Å². The third-order valence-corrected chi connectivity index (χ3v) is 5.65. The van der Waals surface area contributed by atoms with Crippen molar-refractivity contribution in [2.24, 2.45) is 0 Å². The van der Waals surface area contributed by atoms with Gasteiger partial charge in [0.05, 0.1) is 16.3 Å². The highest BCUT2D eigenvalue weighted by Gasteiger charge is 2.32. The largest absolute Gasteiger partial charge is 0.397 e. The molecule has 1 aromatic carbocycles. The minimum absolute atomic E-state index is 0.0164. The average Bonchev–Trinajstić information content (AvgIpc) is 2.42. The van der Waals surface area contributed by atoms with E-state index in [9.17, 15) is 8.42 Å². The van der Waals surface area contributed by atoms with Crippen LogP contribution < -0.4 is 15.4 Å². The van der Waals surface area contributed by atoms with Gasteiger partial charge in [-0.25, -0.2) is 13.1 Å². The lowest BCUT2D eigenvalue weighted by atomic mass is 9.99. The molecular weight excluding hydrogens is 288 g/mol. The number of nitrogens with zero attached hydrogens (tertiary/aromatic N) is 2. The smallest absolute Gasteiger partial charge is 0.240 e. The van der Waals surface area contributed by atoms with Crippen LogP contribution in [0.25, 0.3) is 0 Å². The summed E-state index contributed by atoms with van der Waals surface area (Å²) >= 11 is 0. The van der Waals surface area contributed by atoms with Gasteiger partial charge in [-0.2, -0.15) is 0 Å². The van der Waals surface area contributed by atoms with Gasteiger partial charge < -0.3 is 10.6 Å². The van der Waals surface area contributed by atoms with Crippen LogP contribution >= 0.6 is 0 Å². The first kappa shape index (κ1) is 16.1. The number of sulfonamides is 1. The molecule has 0 radical (unpaired) electrons. The minimum atomic E-state index is -3.46. The highest BCUT2D eigenvalue weighted by Crippen LogP contribution is 2.30. The SMILES string of the molecule is CNS(=O)(=O)c1ccc(N)c(N2CCN(C)C(C)(C)C2)c1. The molecule has 118 valence electrons. The van der Waals surface area contributed by atoms with E-state index in [4.69, 9.17) is 5.73 Å². The van der Waals surface area contributed by atoms with E-state index in [2.05, 4.69) is 35.4 Å². The fourth-order valence-corrected chi connectivity index (χ4v) is 3.28. The second kappa shape index (κ2) is 5.47. The van der Waals surface area contributed by atoms with Crippen LogP contribution in [0.5, 0.6) is 0 Å². The van der Waals surface area contributed by atoms with E-state index in [0.29, 0.717) is 5.69 Å². The van der Waals surface area contributed by atoms with Crippen LogP contribution in [-0.2, 0) is 10.0 Å². The van der Waals surface area contributed by atoms with Gasteiger partial charge in [0.1, 0.15) is 0 Å². The van der Waals surface area contributed by atoms with Crippen LogP contribution in [0.15, 0.2) is 23.1 Å². The summed E-state index contributed by atoms with van der Waals surface area (Å²) < 4.78 is 26.2. The van der Waals surface area contributed by atoms with Crippen LogP contribution in [-0.4, -0.2) is 52.6 Å². The van der Waals surface area contributed by atoms with Crippen LogP contribution in [0, 0.1) is 0 Å². The van der Waals surface area contributed by atoms with E-state index in [-0.39, 0.29) is 10.4 Å². The summed E-state index contributed by atoms with van der Waals surface area (Å²) in [7, 11) is 0.0486. The Balaban J connectivity index is 2.38. The summed E-state index contributed by atoms with van der Waals surface area (Å²) in [6.07, 6.45) is 0. The Hall–Kier alpha value is -1.31. The lowest BCUT2D eigenvalue weighted by Crippen LogP contribution is -2.57. The molecule has 1 aliphatic heterocycles. The second-order valence-electron chi connectivity index (χ2n) is 6.08. The zero-order chi connectivity index (χ0) is 15.8. The molecule has 7 heteroatoms. The molecule has 0 saturated carbocycles. The van der Waals surface area contributed by atoms with Gasteiger partial charge in [0.25, 0.3) is 0 Å². The normalized spacial score (nSPS) is 19.7. The standard InChI is InChI=1S/C14H24N4O2S/c1-14(2)10-18(8-7-17(14)4)13-9-11(5-6-12(13)15)21(19,20)16-3/h5-6,9,16H,7-8,10,15H2,1-4H3. The number of hydrogen-bond acceptors (Lipinski definition) is 5. The Bertz CT molecular complexity index is 628. The van der Waals surface area contributed by atoms with Crippen molar-refractivity contribution in [1.82, 2.24) is 9.62 Å². The molecule has 0 spiro atoms. The quantitative estimate of drug-likeness (QED) is 0.804. The molecule has 1 saturated heterocycles. The fourth-order valence-electron chi connectivity index (χ4n) is 2.53. The van der Waals surface area contributed by atoms with Crippen LogP contribution in [0.2, 0.25) is 0 Å². The van der Waals surface area contributed by atoms with E-state index in [1.807, 2.05) is 0 Å². The summed E-state index contributed by atoms with van der Waals surface area (Å²) in [5.41, 5.74) is 7.46. The Kier molecular flexibility index (Phi) is 4.19. The average molecular weight is 312 g/mol. The predicted octanol–water partition coefficient (Wildman–Crippen LogP) is 0.707. The van der Waals surface area contributed by atoms with E-state index in [0.717, 1.165) is 25.3 Å². The number of nitrogens with two attached hydrogens (primary N) is 1. The van der Waals surface area contributed by atoms with E-state index in [1.54, 1.807) is 12.1 Å². The molecule has 2 rings (SSSR count). The Morgan fingerprint density at radius 1 is 1.29 bits per heavy atom. The molecule has 1 heterocycles. The highest BCUT2D eigenvalue weighted by molar-refractivity contribution is 7.89. The topological polar surface area (TPSA) is 78.7 Å². The molecule has 0 atom stereocenters. The number of anilines is 2. The number of nitrogen functional groups attached to an aromatic ring is 1. The van der Waals surface area contributed by atoms with Crippen molar-refractivity contribution in [3.05, 3.63) is 18.2 Å². The molecule has 0 aromatic heterocycles. The summed E-state index contributed by atoms with van der Waals surface area (Å²) in [6.45, 7) is 6.88. The molecular formula is C14H24N4O2S. The van der Waals surface area contributed by atoms with Gasteiger partial charge in [0.2, 0.25) is 10.0 Å². The molecule has 0 bridgehead atoms. The monoisotopic (exact) mass is 312 g/mol. The maximum absolute atomic E-state index is 11.9. The molecule has 3 N–H and O–H groups in total. The lowest BCUT2D eigenvalue weighted by molar-refractivity contribution is 0.139. The van der Waals surface area contributed by atoms with Crippen molar-refractivity contribution in [1.29, 1.82) is 0 Å². The van der Waals surface area contributed by atoms with Crippen LogP contribution in [0.1, 0.15) is 13.8 Å². The number of nitrogens with one attached hydrogen (secondary N) is 1. The number of rotatable bonds is 3. The van der Waals surface area contributed by atoms with Gasteiger partial charge >= 0.3 is 0 Å². The van der Waals surface area contributed by atoms with Gasteiger partial charge in [-0.15, -0.1) is 0 Å². The van der Waals surface area contributed by atoms with E-state index in [1.165, 1.54) is 13.1 Å². The van der Waals surface area contributed by atoms with E-state index < -0.39 is 10.0 Å². The molecule has 1 aromatic rings. The van der Waals surface area contributed by atoms with E-state index >= 15 is 0 Å². The Morgan fingerprint density at radius 3 is 2.52 bits per heavy atom. The first-order valence-corrected chi connectivity index (χ1v) is 8.45. The van der Waals surface area contributed by atoms with Crippen molar-refractivity contribution >= 4 is 21.4 Å². The fraction of sp³-hybridized carbons (Fsp3) is 0.571. The van der Waals surface area contributed by atoms with Crippen LogP contribution in [0.4, 0.5) is 11.4 Å². The van der Waals surface area contributed by atoms with Crippen LogP contribution in [0.3, 0.4) is 0 Å². The molecule has 21 heavy (non-hydrogen) atoms. The number of piperazine rings is 1. The van der Waals surface area contributed by atoms with Gasteiger partial charge in [-0.05, 0) is 46.1 Å². The molecule has 0 amide bonds. The van der Waals surface area contributed by atoms with Gasteiger partial charge in [0, 0.05) is 25.2 Å². The Morgan fingerprint density at radius 2 is 1.95 bits per heavy atom. The summed E-state index contributed by atoms with van der Waals surface area (Å²) in [5, 5.41) is 0. The molecule has 0 unspecified atom stereocenters. The molecule has 1 aliphatic rings. The molecule has 6 nitrogen and oxygen atoms in total. The Labute approximate surface area is 127 Å². The first-order chi connectivity index (χ1) is 9.67. The molecule has 0 aliphatic carbocycles. The molecule has 1 fully saturated rings. The summed E-state index contributed by atoms with van der Waals surface area (Å²) in [4.78, 5) is 4.70. The van der Waals surface area contributed by atoms with Crippen molar-refractivity contribution in [3.63, 3.8) is 0 Å². The van der Waals surface area contributed by atoms with Crippen molar-refractivity contribution in [2.45, 2.75) is 24.3 Å². The third-order valence-electron chi connectivity index (χ3n) is 4.24. The first-order valence-electron chi connectivity index (χ1n) is 6.96. The predicted molar refractivity (Wildman–Crippen MR) is 86.0 cm³/mol. The zero-order valence-corrected chi connectivity index (χ0v) is 13.9. The zero-order valence-electron chi connectivity index (χ0n) is 13.0. The number of likely N-dealkylation sites (N-methyl/N-ethyl adjacent to an activating group) is 1. The van der Waals surface area contributed by atoms with Gasteiger partial charge in [-0.3, -0.25) is 4.90 Å².